The lowest BCUT2D eigenvalue weighted by atomic mass is 10.2. The average molecular weight is 102 g/mol. The molecular weight excluding hydrogens is 88.1 g/mol. The molecule has 0 radical (unpaired) electrons. The van der Waals surface area contributed by atoms with Crippen LogP contribution in [0.3, 0.4) is 0 Å². The number of nitrogens with two attached hydrogens (primary N) is 1. The van der Waals surface area contributed by atoms with E-state index in [1.54, 1.807) is 0 Å². The van der Waals surface area contributed by atoms with Crippen molar-refractivity contribution in [2.45, 2.75) is 19.4 Å². The maximum Gasteiger partial charge on any atom is 0.00477 e. The summed E-state index contributed by atoms with van der Waals surface area (Å²) >= 11 is 0. The Hall–Kier alpha value is -0.0800. The maximum absolute atomic E-state index is 5.26. The molecule has 0 rings (SSSR count). The van der Waals surface area contributed by atoms with E-state index >= 15 is 0 Å². The third-order valence-corrected chi connectivity index (χ3v) is 1.09. The molecule has 0 amide bonds. The highest BCUT2D eigenvalue weighted by atomic mass is 14.9. The fourth-order valence-corrected chi connectivity index (χ4v) is 0.394. The van der Waals surface area contributed by atoms with Gasteiger partial charge < -0.3 is 11.1 Å². The fourth-order valence-electron chi connectivity index (χ4n) is 0.394. The summed E-state index contributed by atoms with van der Waals surface area (Å²) in [7, 11) is 1.94. The van der Waals surface area contributed by atoms with Crippen LogP contribution in [0, 0.1) is 0 Å². The molecule has 7 heavy (non-hydrogen) atoms. The van der Waals surface area contributed by atoms with Gasteiger partial charge in [-0.3, -0.25) is 0 Å². The van der Waals surface area contributed by atoms with Crippen molar-refractivity contribution >= 4 is 0 Å². The van der Waals surface area contributed by atoms with Crippen LogP contribution >= 0.6 is 0 Å². The van der Waals surface area contributed by atoms with E-state index in [0.717, 1.165) is 13.0 Å². The van der Waals surface area contributed by atoms with Crippen LogP contribution in [-0.4, -0.2) is 19.6 Å². The van der Waals surface area contributed by atoms with E-state index in [0.29, 0.717) is 6.04 Å². The van der Waals surface area contributed by atoms with Crippen LogP contribution < -0.4 is 11.1 Å². The van der Waals surface area contributed by atoms with E-state index in [-0.39, 0.29) is 0 Å². The van der Waals surface area contributed by atoms with Gasteiger partial charge in [0.05, 0.1) is 0 Å². The van der Waals surface area contributed by atoms with Gasteiger partial charge >= 0.3 is 0 Å². The summed E-state index contributed by atoms with van der Waals surface area (Å²) in [5.41, 5.74) is 5.26. The first-order valence-corrected chi connectivity index (χ1v) is 2.68. The van der Waals surface area contributed by atoms with Crippen molar-refractivity contribution in [2.75, 3.05) is 13.6 Å². The number of hydrogen-bond donors (Lipinski definition) is 2. The minimum atomic E-state index is 0.574. The van der Waals surface area contributed by atoms with Gasteiger partial charge in [0.1, 0.15) is 0 Å². The Bertz CT molecular complexity index is 37.1. The van der Waals surface area contributed by atoms with E-state index < -0.39 is 0 Å². The summed E-state index contributed by atoms with van der Waals surface area (Å²) in [5, 5.41) is 3.09. The molecule has 1 unspecified atom stereocenters. The number of rotatable bonds is 3. The summed E-state index contributed by atoms with van der Waals surface area (Å²) in [5.74, 6) is 0. The Morgan fingerprint density at radius 1 is 1.71 bits per heavy atom. The lowest BCUT2D eigenvalue weighted by molar-refractivity contribution is 0.572. The zero-order valence-corrected chi connectivity index (χ0v) is 5.07. The van der Waals surface area contributed by atoms with Crippen LogP contribution in [0.25, 0.3) is 0 Å². The lowest BCUT2D eigenvalue weighted by Crippen LogP contribution is -2.23. The molecule has 2 nitrogen and oxygen atoms in total. The zero-order chi connectivity index (χ0) is 5.70. The molecule has 0 aromatic carbocycles. The van der Waals surface area contributed by atoms with Gasteiger partial charge in [0.2, 0.25) is 0 Å². The van der Waals surface area contributed by atoms with Crippen molar-refractivity contribution < 1.29 is 0 Å². The Labute approximate surface area is 45.1 Å². The molecule has 0 saturated heterocycles. The normalized spacial score (nSPS) is 14.1. The van der Waals surface area contributed by atoms with Crippen molar-refractivity contribution in [1.29, 1.82) is 0 Å². The van der Waals surface area contributed by atoms with Crippen LogP contribution in [-0.2, 0) is 0 Å². The predicted octanol–water partition coefficient (Wildman–Crippen LogP) is -0.0569. The average Bonchev–Trinajstić information content (AvgIpc) is 1.68. The first-order chi connectivity index (χ1) is 3.31. The van der Waals surface area contributed by atoms with E-state index in [9.17, 15) is 0 Å². The molecule has 0 aromatic rings. The Kier molecular flexibility index (Phi) is 4.04. The van der Waals surface area contributed by atoms with Crippen molar-refractivity contribution in [1.82, 2.24) is 5.32 Å². The molecule has 44 valence electrons. The van der Waals surface area contributed by atoms with Crippen molar-refractivity contribution in [3.63, 3.8) is 0 Å². The minimum absolute atomic E-state index is 0.574. The third-order valence-electron chi connectivity index (χ3n) is 1.09. The molecule has 3 N–H and O–H groups in total. The second-order valence-corrected chi connectivity index (χ2v) is 1.77. The number of nitrogens with one attached hydrogen (secondary N) is 1. The first kappa shape index (κ1) is 6.92. The van der Waals surface area contributed by atoms with E-state index in [1.165, 1.54) is 0 Å². The molecule has 0 fully saturated rings. The molecule has 0 heterocycles. The van der Waals surface area contributed by atoms with Gasteiger partial charge in [0.25, 0.3) is 0 Å². The topological polar surface area (TPSA) is 38.0 Å². The fraction of sp³-hybridized carbons (Fsp3) is 1.00. The highest BCUT2D eigenvalue weighted by Gasteiger charge is 1.91. The Balaban J connectivity index is 2.83. The summed E-state index contributed by atoms with van der Waals surface area (Å²) in [6.45, 7) is 2.90. The molecule has 0 bridgehead atoms. The summed E-state index contributed by atoms with van der Waals surface area (Å²) in [4.78, 5) is 0. The van der Waals surface area contributed by atoms with Crippen LogP contribution in [0.1, 0.15) is 13.3 Å². The summed E-state index contributed by atoms with van der Waals surface area (Å²) in [6, 6.07) is 0.574. The van der Waals surface area contributed by atoms with Crippen molar-refractivity contribution in [3.8, 4) is 0 Å². The van der Waals surface area contributed by atoms with Crippen LogP contribution in [0.15, 0.2) is 0 Å². The third kappa shape index (κ3) is 3.76. The van der Waals surface area contributed by atoms with Gasteiger partial charge in [-0.15, -0.1) is 0 Å². The standard InChI is InChI=1S/C5H14N2/c1-5(7-2)3-4-6/h5,7H,3-4,6H2,1-2H3. The van der Waals surface area contributed by atoms with Crippen LogP contribution in [0.5, 0.6) is 0 Å². The SMILES string of the molecule is CNC(C)CCN. The Morgan fingerprint density at radius 3 is 2.43 bits per heavy atom. The molecule has 0 aromatic heterocycles. The highest BCUT2D eigenvalue weighted by molar-refractivity contribution is 4.55. The summed E-state index contributed by atoms with van der Waals surface area (Å²) in [6.07, 6.45) is 1.07. The number of hydrogen-bond acceptors (Lipinski definition) is 2. The van der Waals surface area contributed by atoms with Gasteiger partial charge in [-0.05, 0) is 26.9 Å². The predicted molar refractivity (Wildman–Crippen MR) is 32.2 cm³/mol. The monoisotopic (exact) mass is 102 g/mol. The minimum Gasteiger partial charge on any atom is -0.330 e. The van der Waals surface area contributed by atoms with Gasteiger partial charge in [0.15, 0.2) is 0 Å². The van der Waals surface area contributed by atoms with E-state index in [4.69, 9.17) is 5.73 Å². The summed E-state index contributed by atoms with van der Waals surface area (Å²) < 4.78 is 0. The van der Waals surface area contributed by atoms with Gasteiger partial charge in [-0.25, -0.2) is 0 Å². The quantitative estimate of drug-likeness (QED) is 0.524. The molecule has 0 aliphatic heterocycles. The molecule has 0 saturated carbocycles. The van der Waals surface area contributed by atoms with Crippen LogP contribution in [0.4, 0.5) is 0 Å². The lowest BCUT2D eigenvalue weighted by Gasteiger charge is -2.05. The van der Waals surface area contributed by atoms with Crippen LogP contribution in [0.2, 0.25) is 0 Å². The van der Waals surface area contributed by atoms with Crippen molar-refractivity contribution in [3.05, 3.63) is 0 Å². The van der Waals surface area contributed by atoms with E-state index in [2.05, 4.69) is 12.2 Å². The zero-order valence-electron chi connectivity index (χ0n) is 5.07. The van der Waals surface area contributed by atoms with Gasteiger partial charge in [-0.1, -0.05) is 0 Å². The molecule has 2 heteroatoms. The molecule has 0 spiro atoms. The maximum atomic E-state index is 5.26. The molecule has 1 atom stereocenters. The van der Waals surface area contributed by atoms with Gasteiger partial charge in [-0.2, -0.15) is 0 Å². The largest absolute Gasteiger partial charge is 0.330 e. The highest BCUT2D eigenvalue weighted by Crippen LogP contribution is 1.82. The molecule has 0 aliphatic rings. The molecule has 0 aliphatic carbocycles. The van der Waals surface area contributed by atoms with E-state index in [1.807, 2.05) is 7.05 Å². The van der Waals surface area contributed by atoms with Gasteiger partial charge in [0, 0.05) is 6.04 Å². The first-order valence-electron chi connectivity index (χ1n) is 2.68. The second kappa shape index (κ2) is 4.09. The Morgan fingerprint density at radius 2 is 2.29 bits per heavy atom. The smallest absolute Gasteiger partial charge is 0.00477 e. The van der Waals surface area contributed by atoms with Crippen molar-refractivity contribution in [2.24, 2.45) is 5.73 Å². The molecular formula is C5H14N2. The second-order valence-electron chi connectivity index (χ2n) is 1.77.